The summed E-state index contributed by atoms with van der Waals surface area (Å²) in [6, 6.07) is 15.2. The predicted molar refractivity (Wildman–Crippen MR) is 123 cm³/mol. The van der Waals surface area contributed by atoms with E-state index < -0.39 is 9.84 Å². The summed E-state index contributed by atoms with van der Waals surface area (Å²) in [7, 11) is -3.11. The van der Waals surface area contributed by atoms with E-state index in [2.05, 4.69) is 15.5 Å². The van der Waals surface area contributed by atoms with Crippen molar-refractivity contribution in [3.8, 4) is 5.69 Å². The van der Waals surface area contributed by atoms with Gasteiger partial charge < -0.3 is 4.90 Å². The Kier molecular flexibility index (Phi) is 6.61. The molecular formula is C22H25N5O3S2. The molecule has 2 aromatic carbocycles. The third kappa shape index (κ3) is 5.02. The molecule has 32 heavy (non-hydrogen) atoms. The molecule has 0 radical (unpaired) electrons. The molecule has 0 unspecified atom stereocenters. The van der Waals surface area contributed by atoms with Crippen LogP contribution in [0.5, 0.6) is 0 Å². The van der Waals surface area contributed by atoms with Crippen LogP contribution in [0.2, 0.25) is 0 Å². The van der Waals surface area contributed by atoms with E-state index in [4.69, 9.17) is 0 Å². The molecule has 0 aliphatic carbocycles. The van der Waals surface area contributed by atoms with Gasteiger partial charge in [-0.25, -0.2) is 8.42 Å². The van der Waals surface area contributed by atoms with Gasteiger partial charge in [0.1, 0.15) is 0 Å². The molecule has 2 heterocycles. The number of aryl methyl sites for hydroxylation is 1. The number of rotatable bonds is 7. The van der Waals surface area contributed by atoms with Crippen LogP contribution in [-0.2, 0) is 21.2 Å². The highest BCUT2D eigenvalue weighted by Crippen LogP contribution is 2.25. The van der Waals surface area contributed by atoms with Crippen LogP contribution >= 0.6 is 11.8 Å². The summed E-state index contributed by atoms with van der Waals surface area (Å²) in [5.41, 5.74) is 4.03. The summed E-state index contributed by atoms with van der Waals surface area (Å²) < 4.78 is 25.7. The third-order valence-corrected chi connectivity index (χ3v) is 8.39. The van der Waals surface area contributed by atoms with Crippen LogP contribution in [0.25, 0.3) is 5.69 Å². The molecular weight excluding hydrogens is 446 g/mol. The van der Waals surface area contributed by atoms with Gasteiger partial charge in [-0.3, -0.25) is 4.79 Å². The molecule has 0 spiro atoms. The normalized spacial score (nSPS) is 17.4. The van der Waals surface area contributed by atoms with Crippen LogP contribution < -0.4 is 0 Å². The Labute approximate surface area is 191 Å². The smallest absolute Gasteiger partial charge is 0.233 e. The van der Waals surface area contributed by atoms with E-state index in [1.807, 2.05) is 62.4 Å². The Morgan fingerprint density at radius 1 is 1.16 bits per heavy atom. The molecule has 168 valence electrons. The zero-order valence-electron chi connectivity index (χ0n) is 18.0. The molecule has 1 atom stereocenters. The third-order valence-electron chi connectivity index (χ3n) is 5.74. The molecule has 4 rings (SSSR count). The number of tetrazole rings is 1. The number of hydrogen-bond acceptors (Lipinski definition) is 7. The van der Waals surface area contributed by atoms with Crippen molar-refractivity contribution < 1.29 is 13.2 Å². The van der Waals surface area contributed by atoms with Crippen molar-refractivity contribution in [1.82, 2.24) is 25.1 Å². The first-order chi connectivity index (χ1) is 15.3. The van der Waals surface area contributed by atoms with Crippen molar-refractivity contribution in [3.05, 3.63) is 65.2 Å². The Balaban J connectivity index is 1.52. The first kappa shape index (κ1) is 22.5. The Hall–Kier alpha value is -2.72. The molecule has 1 fully saturated rings. The SMILES string of the molecule is Cc1cccc(-n2nnnc2SCC(=O)N(Cc2ccccc2)[C@H]2CCS(=O)(=O)C2)c1C. The van der Waals surface area contributed by atoms with Gasteiger partial charge in [0.05, 0.1) is 22.9 Å². The Bertz CT molecular complexity index is 1210. The lowest BCUT2D eigenvalue weighted by molar-refractivity contribution is -0.130. The summed E-state index contributed by atoms with van der Waals surface area (Å²) in [4.78, 5) is 14.9. The van der Waals surface area contributed by atoms with Gasteiger partial charge in [-0.1, -0.05) is 54.2 Å². The maximum Gasteiger partial charge on any atom is 0.233 e. The van der Waals surface area contributed by atoms with Crippen molar-refractivity contribution in [1.29, 1.82) is 0 Å². The first-order valence-electron chi connectivity index (χ1n) is 10.4. The van der Waals surface area contributed by atoms with Crippen LogP contribution in [0.15, 0.2) is 53.7 Å². The number of hydrogen-bond donors (Lipinski definition) is 0. The second kappa shape index (κ2) is 9.41. The lowest BCUT2D eigenvalue weighted by Gasteiger charge is -2.28. The van der Waals surface area contributed by atoms with E-state index in [0.29, 0.717) is 18.1 Å². The van der Waals surface area contributed by atoms with Crippen LogP contribution in [0.1, 0.15) is 23.1 Å². The lowest BCUT2D eigenvalue weighted by Crippen LogP contribution is -2.41. The highest BCUT2D eigenvalue weighted by molar-refractivity contribution is 7.99. The van der Waals surface area contributed by atoms with Gasteiger partial charge in [0, 0.05) is 12.6 Å². The molecule has 1 saturated heterocycles. The topological polar surface area (TPSA) is 98.1 Å². The number of aromatic nitrogens is 4. The number of sulfone groups is 1. The fourth-order valence-electron chi connectivity index (χ4n) is 3.82. The molecule has 0 bridgehead atoms. The van der Waals surface area contributed by atoms with E-state index in [9.17, 15) is 13.2 Å². The lowest BCUT2D eigenvalue weighted by atomic mass is 10.1. The van der Waals surface area contributed by atoms with Crippen molar-refractivity contribution in [2.45, 2.75) is 38.0 Å². The van der Waals surface area contributed by atoms with E-state index in [-0.39, 0.29) is 29.2 Å². The van der Waals surface area contributed by atoms with Crippen LogP contribution in [0, 0.1) is 13.8 Å². The quantitative estimate of drug-likeness (QED) is 0.489. The minimum absolute atomic E-state index is 0.0104. The Morgan fingerprint density at radius 2 is 1.94 bits per heavy atom. The molecule has 8 nitrogen and oxygen atoms in total. The fraction of sp³-hybridized carbons (Fsp3) is 0.364. The van der Waals surface area contributed by atoms with Gasteiger partial charge in [0.2, 0.25) is 11.1 Å². The molecule has 1 aliphatic heterocycles. The van der Waals surface area contributed by atoms with E-state index in [1.54, 1.807) is 9.58 Å². The summed E-state index contributed by atoms with van der Waals surface area (Å²) >= 11 is 1.25. The zero-order chi connectivity index (χ0) is 22.7. The van der Waals surface area contributed by atoms with Gasteiger partial charge in [0.15, 0.2) is 9.84 Å². The molecule has 10 heteroatoms. The average molecular weight is 472 g/mol. The zero-order valence-corrected chi connectivity index (χ0v) is 19.6. The molecule has 1 aromatic heterocycles. The van der Waals surface area contributed by atoms with Crippen molar-refractivity contribution in [2.75, 3.05) is 17.3 Å². The highest BCUT2D eigenvalue weighted by Gasteiger charge is 2.34. The largest absolute Gasteiger partial charge is 0.334 e. The highest BCUT2D eigenvalue weighted by atomic mass is 32.2. The first-order valence-corrected chi connectivity index (χ1v) is 13.2. The predicted octanol–water partition coefficient (Wildman–Crippen LogP) is 2.59. The minimum atomic E-state index is -3.11. The molecule has 1 amide bonds. The molecule has 0 N–H and O–H groups in total. The van der Waals surface area contributed by atoms with Crippen LogP contribution in [-0.4, -0.2) is 62.7 Å². The summed E-state index contributed by atoms with van der Waals surface area (Å²) in [6.07, 6.45) is 0.464. The number of thioether (sulfide) groups is 1. The molecule has 1 aliphatic rings. The summed E-state index contributed by atoms with van der Waals surface area (Å²) in [6.45, 7) is 4.41. The number of benzene rings is 2. The number of nitrogens with zero attached hydrogens (tertiary/aromatic N) is 5. The van der Waals surface area contributed by atoms with E-state index >= 15 is 0 Å². The van der Waals surface area contributed by atoms with E-state index in [1.165, 1.54) is 11.8 Å². The second-order valence-electron chi connectivity index (χ2n) is 7.95. The van der Waals surface area contributed by atoms with Gasteiger partial charge in [0.25, 0.3) is 0 Å². The van der Waals surface area contributed by atoms with Gasteiger partial charge >= 0.3 is 0 Å². The summed E-state index contributed by atoms with van der Waals surface area (Å²) in [5, 5.41) is 12.5. The van der Waals surface area contributed by atoms with Gasteiger partial charge in [-0.05, 0) is 53.5 Å². The number of carbonyl (C=O) groups is 1. The van der Waals surface area contributed by atoms with E-state index in [0.717, 1.165) is 22.4 Å². The Morgan fingerprint density at radius 3 is 2.66 bits per heavy atom. The van der Waals surface area contributed by atoms with Crippen molar-refractivity contribution in [3.63, 3.8) is 0 Å². The standard InChI is InChI=1S/C22H25N5O3S2/c1-16-7-6-10-20(17(16)2)27-22(23-24-25-27)31-14-21(28)26(13-18-8-4-3-5-9-18)19-11-12-32(29,30)15-19/h3-10,19H,11-15H2,1-2H3/t19-/m0/s1. The molecule has 0 saturated carbocycles. The van der Waals surface area contributed by atoms with Gasteiger partial charge in [-0.15, -0.1) is 5.10 Å². The minimum Gasteiger partial charge on any atom is -0.334 e. The van der Waals surface area contributed by atoms with Crippen LogP contribution in [0.3, 0.4) is 0 Å². The van der Waals surface area contributed by atoms with Crippen molar-refractivity contribution in [2.24, 2.45) is 0 Å². The molecule has 3 aromatic rings. The summed E-state index contributed by atoms with van der Waals surface area (Å²) in [5.74, 6) is 0.121. The monoisotopic (exact) mass is 471 g/mol. The number of carbonyl (C=O) groups excluding carboxylic acids is 1. The average Bonchev–Trinajstić information content (AvgIpc) is 3.39. The second-order valence-corrected chi connectivity index (χ2v) is 11.1. The number of amides is 1. The maximum absolute atomic E-state index is 13.2. The maximum atomic E-state index is 13.2. The van der Waals surface area contributed by atoms with Gasteiger partial charge in [-0.2, -0.15) is 4.68 Å². The van der Waals surface area contributed by atoms with Crippen molar-refractivity contribution >= 4 is 27.5 Å². The fourth-order valence-corrected chi connectivity index (χ4v) is 6.32. The van der Waals surface area contributed by atoms with Crippen LogP contribution in [0.4, 0.5) is 0 Å².